The maximum atomic E-state index is 5.29. The minimum absolute atomic E-state index is 0.932. The van der Waals surface area contributed by atoms with Gasteiger partial charge in [0.05, 0.1) is 7.11 Å². The summed E-state index contributed by atoms with van der Waals surface area (Å²) in [5, 5.41) is 3.46. The predicted octanol–water partition coefficient (Wildman–Crippen LogP) is 3.22. The van der Waals surface area contributed by atoms with Crippen molar-refractivity contribution in [3.05, 3.63) is 64.7 Å². The second-order valence-corrected chi connectivity index (χ2v) is 5.38. The van der Waals surface area contributed by atoms with Crippen LogP contribution in [0.1, 0.15) is 22.3 Å². The summed E-state index contributed by atoms with van der Waals surface area (Å²) in [5.41, 5.74) is 5.70. The van der Waals surface area contributed by atoms with Gasteiger partial charge in [0.15, 0.2) is 0 Å². The van der Waals surface area contributed by atoms with Gasteiger partial charge in [-0.25, -0.2) is 0 Å². The number of ether oxygens (including phenoxy) is 1. The molecule has 0 saturated carbocycles. The first kappa shape index (κ1) is 16.1. The highest BCUT2D eigenvalue weighted by molar-refractivity contribution is 5.37. The van der Waals surface area contributed by atoms with E-state index in [0.717, 1.165) is 38.1 Å². The molecule has 0 aromatic heterocycles. The van der Waals surface area contributed by atoms with Crippen LogP contribution in [-0.4, -0.2) is 20.2 Å². The molecule has 114 valence electrons. The van der Waals surface area contributed by atoms with E-state index >= 15 is 0 Å². The Labute approximate surface area is 133 Å². The number of terminal acetylenes is 1. The molecular formula is C20H23NO. The molecule has 3 rings (SSSR count). The molecule has 0 spiro atoms. The molecule has 0 unspecified atom stereocenters. The van der Waals surface area contributed by atoms with Crippen LogP contribution in [0.15, 0.2) is 42.5 Å². The van der Waals surface area contributed by atoms with E-state index in [1.807, 2.05) is 6.07 Å². The third kappa shape index (κ3) is 4.13. The van der Waals surface area contributed by atoms with E-state index in [2.05, 4.69) is 54.6 Å². The highest BCUT2D eigenvalue weighted by atomic mass is 16.5. The lowest BCUT2D eigenvalue weighted by Gasteiger charge is -2.09. The summed E-state index contributed by atoms with van der Waals surface area (Å²) < 4.78 is 5.29. The average molecular weight is 293 g/mol. The summed E-state index contributed by atoms with van der Waals surface area (Å²) in [4.78, 5) is 0. The first-order chi connectivity index (χ1) is 10.8. The number of rotatable bonds is 3. The van der Waals surface area contributed by atoms with Crippen LogP contribution in [0, 0.1) is 12.8 Å². The zero-order valence-electron chi connectivity index (χ0n) is 13.1. The molecule has 2 nitrogen and oxygen atoms in total. The van der Waals surface area contributed by atoms with Gasteiger partial charge < -0.3 is 10.1 Å². The Kier molecular flexibility index (Phi) is 6.06. The summed E-state index contributed by atoms with van der Waals surface area (Å²) in [6, 6.07) is 15.3. The first-order valence-electron chi connectivity index (χ1n) is 7.63. The van der Waals surface area contributed by atoms with Crippen LogP contribution in [0.2, 0.25) is 0 Å². The second kappa shape index (κ2) is 8.26. The fourth-order valence-corrected chi connectivity index (χ4v) is 2.86. The van der Waals surface area contributed by atoms with Crippen molar-refractivity contribution >= 4 is 0 Å². The van der Waals surface area contributed by atoms with Crippen LogP contribution < -0.4 is 10.1 Å². The number of benzene rings is 2. The minimum atomic E-state index is 0.932. The maximum absolute atomic E-state index is 5.29. The van der Waals surface area contributed by atoms with Gasteiger partial charge in [0.2, 0.25) is 0 Å². The number of nitrogens with one attached hydrogen (secondary N) is 1. The lowest BCUT2D eigenvalue weighted by atomic mass is 9.97. The summed E-state index contributed by atoms with van der Waals surface area (Å²) in [5.74, 6) is 0.932. The minimum Gasteiger partial charge on any atom is -0.497 e. The van der Waals surface area contributed by atoms with E-state index in [0.29, 0.717) is 0 Å². The van der Waals surface area contributed by atoms with Crippen molar-refractivity contribution in [1.82, 2.24) is 5.32 Å². The van der Waals surface area contributed by atoms with Crippen molar-refractivity contribution in [1.29, 1.82) is 0 Å². The molecule has 22 heavy (non-hydrogen) atoms. The fraction of sp³-hybridized carbons (Fsp3) is 0.300. The molecule has 0 atom stereocenters. The van der Waals surface area contributed by atoms with Gasteiger partial charge in [0, 0.05) is 0 Å². The molecular weight excluding hydrogens is 270 g/mol. The molecule has 0 aliphatic carbocycles. The summed E-state index contributed by atoms with van der Waals surface area (Å²) >= 11 is 0. The predicted molar refractivity (Wildman–Crippen MR) is 92.4 cm³/mol. The van der Waals surface area contributed by atoms with Crippen LogP contribution >= 0.6 is 0 Å². The molecule has 0 bridgehead atoms. The number of hydrogen-bond donors (Lipinski definition) is 1. The molecule has 2 heteroatoms. The topological polar surface area (TPSA) is 21.3 Å². The lowest BCUT2D eigenvalue weighted by molar-refractivity contribution is 0.414. The average Bonchev–Trinajstić information content (AvgIpc) is 2.82. The number of hydrogen-bond acceptors (Lipinski definition) is 2. The Bertz CT molecular complexity index is 631. The highest BCUT2D eigenvalue weighted by Crippen LogP contribution is 2.20. The van der Waals surface area contributed by atoms with E-state index < -0.39 is 0 Å². The molecule has 1 heterocycles. The zero-order chi connectivity index (χ0) is 15.8. The van der Waals surface area contributed by atoms with E-state index in [1.54, 1.807) is 7.11 Å². The van der Waals surface area contributed by atoms with Crippen LogP contribution in [0.3, 0.4) is 0 Å². The van der Waals surface area contributed by atoms with Gasteiger partial charge in [0.1, 0.15) is 5.75 Å². The first-order valence-corrected chi connectivity index (χ1v) is 7.63. The monoisotopic (exact) mass is 293 g/mol. The van der Waals surface area contributed by atoms with E-state index in [9.17, 15) is 0 Å². The Morgan fingerprint density at radius 3 is 2.45 bits per heavy atom. The van der Waals surface area contributed by atoms with Gasteiger partial charge in [-0.05, 0) is 66.7 Å². The summed E-state index contributed by atoms with van der Waals surface area (Å²) in [6.07, 6.45) is 11.3. The quantitative estimate of drug-likeness (QED) is 0.877. The molecule has 0 amide bonds. The van der Waals surface area contributed by atoms with Crippen molar-refractivity contribution in [2.75, 3.05) is 20.2 Å². The van der Waals surface area contributed by atoms with Crippen molar-refractivity contribution in [3.63, 3.8) is 0 Å². The van der Waals surface area contributed by atoms with Crippen LogP contribution in [-0.2, 0) is 19.3 Å². The van der Waals surface area contributed by atoms with Gasteiger partial charge in [-0.3, -0.25) is 0 Å². The van der Waals surface area contributed by atoms with Crippen LogP contribution in [0.4, 0.5) is 0 Å². The summed E-state index contributed by atoms with van der Waals surface area (Å²) in [7, 11) is 1.72. The van der Waals surface area contributed by atoms with Crippen molar-refractivity contribution in [2.24, 2.45) is 0 Å². The van der Waals surface area contributed by atoms with Crippen molar-refractivity contribution in [3.8, 4) is 18.6 Å². The van der Waals surface area contributed by atoms with E-state index in [1.165, 1.54) is 22.3 Å². The van der Waals surface area contributed by atoms with Crippen LogP contribution in [0.5, 0.6) is 5.75 Å². The van der Waals surface area contributed by atoms with Crippen molar-refractivity contribution < 1.29 is 4.74 Å². The van der Waals surface area contributed by atoms with Crippen LogP contribution in [0.25, 0.3) is 0 Å². The SMILES string of the molecule is C#C.COc1cccc(Cc2ccc3c(c2)CCNCC3)c1. The smallest absolute Gasteiger partial charge is 0.119 e. The summed E-state index contributed by atoms with van der Waals surface area (Å²) in [6.45, 7) is 2.19. The van der Waals surface area contributed by atoms with Gasteiger partial charge >= 0.3 is 0 Å². The molecule has 2 aromatic carbocycles. The Morgan fingerprint density at radius 1 is 0.955 bits per heavy atom. The number of methoxy groups -OCH3 is 1. The maximum Gasteiger partial charge on any atom is 0.119 e. The Morgan fingerprint density at radius 2 is 1.68 bits per heavy atom. The largest absolute Gasteiger partial charge is 0.497 e. The molecule has 0 saturated heterocycles. The second-order valence-electron chi connectivity index (χ2n) is 5.38. The third-order valence-corrected chi connectivity index (χ3v) is 3.96. The van der Waals surface area contributed by atoms with Crippen molar-refractivity contribution in [2.45, 2.75) is 19.3 Å². The standard InChI is InChI=1S/C18H21NO.C2H2/c1-20-18-4-2-3-14(13-18)11-15-5-6-16-7-9-19-10-8-17(16)12-15;1-2/h2-6,12-13,19H,7-11H2,1H3;1-2H. The molecule has 1 aliphatic heterocycles. The van der Waals surface area contributed by atoms with E-state index in [-0.39, 0.29) is 0 Å². The van der Waals surface area contributed by atoms with Gasteiger partial charge in [0.25, 0.3) is 0 Å². The normalized spacial score (nSPS) is 13.2. The third-order valence-electron chi connectivity index (χ3n) is 3.96. The molecule has 1 N–H and O–H groups in total. The zero-order valence-corrected chi connectivity index (χ0v) is 13.1. The fourth-order valence-electron chi connectivity index (χ4n) is 2.86. The Hall–Kier alpha value is -2.24. The molecule has 0 fully saturated rings. The molecule has 0 radical (unpaired) electrons. The number of fused-ring (bicyclic) bond motifs is 1. The lowest BCUT2D eigenvalue weighted by Crippen LogP contribution is -2.16. The van der Waals surface area contributed by atoms with Gasteiger partial charge in [-0.1, -0.05) is 30.3 Å². The molecule has 2 aromatic rings. The van der Waals surface area contributed by atoms with E-state index in [4.69, 9.17) is 4.74 Å². The van der Waals surface area contributed by atoms with Gasteiger partial charge in [-0.2, -0.15) is 0 Å². The highest BCUT2D eigenvalue weighted by Gasteiger charge is 2.08. The molecule has 1 aliphatic rings. The Balaban J connectivity index is 0.000000847. The van der Waals surface area contributed by atoms with Gasteiger partial charge in [-0.15, -0.1) is 12.8 Å².